The maximum atomic E-state index is 13.6. The number of amides is 1. The van der Waals surface area contributed by atoms with Gasteiger partial charge in [-0.3, -0.25) is 4.79 Å². The van der Waals surface area contributed by atoms with E-state index in [0.29, 0.717) is 23.3 Å². The molecule has 2 aromatic carbocycles. The molecule has 6 nitrogen and oxygen atoms in total. The van der Waals surface area contributed by atoms with Crippen molar-refractivity contribution in [2.75, 3.05) is 26.5 Å². The molecule has 0 heterocycles. The number of hydrogen-bond donors (Lipinski definition) is 1. The van der Waals surface area contributed by atoms with E-state index in [2.05, 4.69) is 5.32 Å². The number of halogens is 1. The van der Waals surface area contributed by atoms with Gasteiger partial charge in [0.25, 0.3) is 0 Å². The minimum Gasteiger partial charge on any atom is -0.496 e. The van der Waals surface area contributed by atoms with Crippen LogP contribution in [0.2, 0.25) is 0 Å². The molecule has 0 aliphatic carbocycles. The topological polar surface area (TPSA) is 75.7 Å². The van der Waals surface area contributed by atoms with Gasteiger partial charge in [-0.25, -0.2) is 12.8 Å². The third-order valence-corrected chi connectivity index (χ3v) is 5.20. The summed E-state index contributed by atoms with van der Waals surface area (Å²) in [6, 6.07) is 13.3. The Kier molecular flexibility index (Phi) is 7.32. The second-order valence-electron chi connectivity index (χ2n) is 6.03. The molecule has 0 aliphatic heterocycles. The van der Waals surface area contributed by atoms with Crippen molar-refractivity contribution in [2.24, 2.45) is 0 Å². The zero-order valence-electron chi connectivity index (χ0n) is 15.3. The Morgan fingerprint density at radius 3 is 2.37 bits per heavy atom. The van der Waals surface area contributed by atoms with Gasteiger partial charge in [-0.15, -0.1) is 0 Å². The molecule has 2 aromatic rings. The second kappa shape index (κ2) is 9.48. The summed E-state index contributed by atoms with van der Waals surface area (Å²) in [6.07, 6.45) is 1.37. The predicted octanol–water partition coefficient (Wildman–Crippen LogP) is 1.95. The molecule has 1 N–H and O–H groups in total. The lowest BCUT2D eigenvalue weighted by Gasteiger charge is -2.20. The Morgan fingerprint density at radius 1 is 1.11 bits per heavy atom. The number of ether oxygens (including phenoxy) is 1. The third kappa shape index (κ3) is 6.33. The molecular formula is C19H23FN2O4S. The molecule has 0 saturated carbocycles. The Bertz CT molecular complexity index is 887. The quantitative estimate of drug-likeness (QED) is 0.705. The number of sulfonamides is 1. The van der Waals surface area contributed by atoms with Crippen molar-refractivity contribution >= 4 is 15.9 Å². The maximum Gasteiger partial charge on any atom is 0.235 e. The average Bonchev–Trinajstić information content (AvgIpc) is 2.62. The number of para-hydroxylation sites is 1. The van der Waals surface area contributed by atoms with Crippen LogP contribution in [0.3, 0.4) is 0 Å². The van der Waals surface area contributed by atoms with Crippen molar-refractivity contribution in [2.45, 2.75) is 13.0 Å². The van der Waals surface area contributed by atoms with Crippen LogP contribution in [-0.4, -0.2) is 45.1 Å². The van der Waals surface area contributed by atoms with Crippen LogP contribution in [-0.2, 0) is 27.8 Å². The van der Waals surface area contributed by atoms with E-state index in [9.17, 15) is 17.6 Å². The normalized spacial score (nSPS) is 11.4. The van der Waals surface area contributed by atoms with Gasteiger partial charge in [0.2, 0.25) is 15.9 Å². The molecule has 0 aromatic heterocycles. The van der Waals surface area contributed by atoms with E-state index in [1.165, 1.54) is 13.2 Å². The zero-order chi connectivity index (χ0) is 19.9. The molecule has 0 aliphatic rings. The number of carbonyl (C=O) groups excluding carboxylic acids is 1. The zero-order valence-corrected chi connectivity index (χ0v) is 16.1. The van der Waals surface area contributed by atoms with Gasteiger partial charge in [-0.05, 0) is 24.1 Å². The summed E-state index contributed by atoms with van der Waals surface area (Å²) in [5.41, 5.74) is 1.15. The van der Waals surface area contributed by atoms with Crippen LogP contribution in [0.15, 0.2) is 48.5 Å². The van der Waals surface area contributed by atoms with Crippen LogP contribution in [0.1, 0.15) is 11.1 Å². The molecule has 0 fully saturated rings. The van der Waals surface area contributed by atoms with Crippen LogP contribution < -0.4 is 10.1 Å². The standard InChI is InChI=1S/C19H23FN2O4S/c1-26-18-10-6-4-8-16(18)13-22(27(2,24)25)14-19(23)21-12-11-15-7-3-5-9-17(15)20/h3-10H,11-14H2,1-2H3,(H,21,23). The van der Waals surface area contributed by atoms with Crippen LogP contribution >= 0.6 is 0 Å². The number of nitrogens with one attached hydrogen (secondary N) is 1. The maximum absolute atomic E-state index is 13.6. The van der Waals surface area contributed by atoms with Gasteiger partial charge in [0, 0.05) is 18.7 Å². The van der Waals surface area contributed by atoms with Crippen molar-refractivity contribution in [3.63, 3.8) is 0 Å². The smallest absolute Gasteiger partial charge is 0.235 e. The second-order valence-corrected chi connectivity index (χ2v) is 8.02. The molecule has 0 unspecified atom stereocenters. The van der Waals surface area contributed by atoms with Gasteiger partial charge in [-0.1, -0.05) is 36.4 Å². The monoisotopic (exact) mass is 394 g/mol. The van der Waals surface area contributed by atoms with Gasteiger partial charge in [0.1, 0.15) is 11.6 Å². The first kappa shape index (κ1) is 20.9. The molecule has 146 valence electrons. The van der Waals surface area contributed by atoms with E-state index in [1.807, 2.05) is 0 Å². The lowest BCUT2D eigenvalue weighted by atomic mass is 10.1. The number of hydrogen-bond acceptors (Lipinski definition) is 4. The molecule has 0 bridgehead atoms. The molecule has 2 rings (SSSR count). The highest BCUT2D eigenvalue weighted by molar-refractivity contribution is 7.88. The number of rotatable bonds is 9. The molecule has 1 amide bonds. The predicted molar refractivity (Wildman–Crippen MR) is 101 cm³/mol. The van der Waals surface area contributed by atoms with E-state index >= 15 is 0 Å². The lowest BCUT2D eigenvalue weighted by molar-refractivity contribution is -0.121. The van der Waals surface area contributed by atoms with Crippen molar-refractivity contribution in [1.29, 1.82) is 0 Å². The van der Waals surface area contributed by atoms with Crippen molar-refractivity contribution in [3.05, 3.63) is 65.5 Å². The first-order valence-corrected chi connectivity index (χ1v) is 10.2. The van der Waals surface area contributed by atoms with Gasteiger partial charge >= 0.3 is 0 Å². The summed E-state index contributed by atoms with van der Waals surface area (Å²) >= 11 is 0. The highest BCUT2D eigenvalue weighted by Gasteiger charge is 2.21. The molecule has 8 heteroatoms. The summed E-state index contributed by atoms with van der Waals surface area (Å²) in [5, 5.41) is 2.63. The average molecular weight is 394 g/mol. The fourth-order valence-corrected chi connectivity index (χ4v) is 3.29. The van der Waals surface area contributed by atoms with Crippen LogP contribution in [0.25, 0.3) is 0 Å². The molecule has 0 radical (unpaired) electrons. The van der Waals surface area contributed by atoms with Gasteiger partial charge in [-0.2, -0.15) is 4.31 Å². The fourth-order valence-electron chi connectivity index (χ4n) is 2.57. The van der Waals surface area contributed by atoms with Gasteiger partial charge in [0.15, 0.2) is 0 Å². The summed E-state index contributed by atoms with van der Waals surface area (Å²) < 4.78 is 44.0. The first-order valence-electron chi connectivity index (χ1n) is 8.38. The molecule has 0 atom stereocenters. The van der Waals surface area contributed by atoms with Crippen molar-refractivity contribution < 1.29 is 22.3 Å². The summed E-state index contributed by atoms with van der Waals surface area (Å²) in [6.45, 7) is -0.0935. The molecule has 0 saturated heterocycles. The van der Waals surface area contributed by atoms with E-state index in [-0.39, 0.29) is 25.5 Å². The summed E-state index contributed by atoms with van der Waals surface area (Å²) in [5.74, 6) is -0.238. The highest BCUT2D eigenvalue weighted by atomic mass is 32.2. The Hall–Kier alpha value is -2.45. The largest absolute Gasteiger partial charge is 0.496 e. The van der Waals surface area contributed by atoms with E-state index in [1.54, 1.807) is 42.5 Å². The fraction of sp³-hybridized carbons (Fsp3) is 0.316. The van der Waals surface area contributed by atoms with Crippen LogP contribution in [0.5, 0.6) is 5.75 Å². The Morgan fingerprint density at radius 2 is 1.74 bits per heavy atom. The summed E-state index contributed by atoms with van der Waals surface area (Å²) in [4.78, 5) is 12.2. The Balaban J connectivity index is 1.97. The van der Waals surface area contributed by atoms with E-state index in [0.717, 1.165) is 10.6 Å². The van der Waals surface area contributed by atoms with E-state index < -0.39 is 15.9 Å². The minimum atomic E-state index is -3.61. The minimum absolute atomic E-state index is 0.0174. The number of carbonyl (C=O) groups is 1. The molecule has 0 spiro atoms. The highest BCUT2D eigenvalue weighted by Crippen LogP contribution is 2.20. The number of methoxy groups -OCH3 is 1. The number of benzene rings is 2. The lowest BCUT2D eigenvalue weighted by Crippen LogP contribution is -2.40. The first-order chi connectivity index (χ1) is 12.8. The molecular weight excluding hydrogens is 371 g/mol. The van der Waals surface area contributed by atoms with Crippen molar-refractivity contribution in [3.8, 4) is 5.75 Å². The van der Waals surface area contributed by atoms with Crippen molar-refractivity contribution in [1.82, 2.24) is 9.62 Å². The number of nitrogens with zero attached hydrogens (tertiary/aromatic N) is 1. The molecule has 27 heavy (non-hydrogen) atoms. The van der Waals surface area contributed by atoms with Gasteiger partial charge in [0.05, 0.1) is 19.9 Å². The third-order valence-electron chi connectivity index (χ3n) is 4.00. The van der Waals surface area contributed by atoms with Crippen LogP contribution in [0.4, 0.5) is 4.39 Å². The van der Waals surface area contributed by atoms with Gasteiger partial charge < -0.3 is 10.1 Å². The SMILES string of the molecule is COc1ccccc1CN(CC(=O)NCCc1ccccc1F)S(C)(=O)=O. The van der Waals surface area contributed by atoms with E-state index in [4.69, 9.17) is 4.74 Å². The summed E-state index contributed by atoms with van der Waals surface area (Å²) in [7, 11) is -2.11. The van der Waals surface area contributed by atoms with Crippen LogP contribution in [0, 0.1) is 5.82 Å². The Labute approximate surface area is 159 Å².